The standard InChI is InChI=1S/2C16H18BN4O7.2Na/c2*22-13(7-21-9-18-8-19-21)20-5-11(6-20)27-12-2-1-10-3-4-17(25,26)28-15(10)14(12)16(23)24;;/h2*1-2,8-9,11,25-26H,3-7H2,(H,23,24);;/q2*-1;2*+1. The molecule has 0 spiro atoms. The van der Waals surface area contributed by atoms with Gasteiger partial charge >= 0.3 is 84.6 Å². The Kier molecular flexibility index (Phi) is 14.2. The van der Waals surface area contributed by atoms with Gasteiger partial charge in [0.2, 0.25) is 11.8 Å². The summed E-state index contributed by atoms with van der Waals surface area (Å²) >= 11 is 0. The van der Waals surface area contributed by atoms with E-state index in [4.69, 9.17) is 18.8 Å². The number of rotatable bonds is 10. The third kappa shape index (κ3) is 10.3. The molecule has 2 saturated heterocycles. The van der Waals surface area contributed by atoms with Gasteiger partial charge in [-0.05, 0) is 36.1 Å². The van der Waals surface area contributed by atoms with Crippen molar-refractivity contribution in [2.24, 2.45) is 0 Å². The summed E-state index contributed by atoms with van der Waals surface area (Å²) in [5.74, 6) is -2.92. The van der Waals surface area contributed by atoms with E-state index in [9.17, 15) is 49.5 Å². The van der Waals surface area contributed by atoms with Crippen molar-refractivity contribution in [1.29, 1.82) is 0 Å². The minimum atomic E-state index is -3.09. The molecule has 2 amide bonds. The molecule has 26 heteroatoms. The van der Waals surface area contributed by atoms with E-state index in [1.807, 2.05) is 0 Å². The number of carboxylic acids is 2. The number of fused-ring (bicyclic) bond motifs is 2. The van der Waals surface area contributed by atoms with E-state index in [-0.39, 0.29) is 156 Å². The third-order valence-corrected chi connectivity index (χ3v) is 9.54. The summed E-state index contributed by atoms with van der Waals surface area (Å²) in [6.07, 6.45) is 5.40. The van der Waals surface area contributed by atoms with Gasteiger partial charge in [0, 0.05) is 0 Å². The quantitative estimate of drug-likeness (QED) is 0.0810. The number of ether oxygens (including phenoxy) is 2. The molecule has 58 heavy (non-hydrogen) atoms. The van der Waals surface area contributed by atoms with Crippen LogP contribution >= 0.6 is 0 Å². The number of carbonyl (C=O) groups is 4. The number of nitrogens with zero attached hydrogens (tertiary/aromatic N) is 8. The van der Waals surface area contributed by atoms with Crippen molar-refractivity contribution in [2.45, 2.75) is 50.8 Å². The van der Waals surface area contributed by atoms with Crippen LogP contribution in [0.15, 0.2) is 49.6 Å². The van der Waals surface area contributed by atoms with Crippen LogP contribution in [0.2, 0.25) is 12.6 Å². The van der Waals surface area contributed by atoms with Crippen molar-refractivity contribution in [1.82, 2.24) is 39.3 Å². The first-order valence-corrected chi connectivity index (χ1v) is 17.6. The first-order chi connectivity index (χ1) is 26.6. The summed E-state index contributed by atoms with van der Waals surface area (Å²) in [4.78, 5) is 58.5. The first kappa shape index (κ1) is 44.9. The molecule has 0 aliphatic carbocycles. The van der Waals surface area contributed by atoms with Crippen molar-refractivity contribution < 1.29 is 127 Å². The van der Waals surface area contributed by atoms with E-state index < -0.39 is 25.4 Å². The van der Waals surface area contributed by atoms with Crippen LogP contribution in [0.3, 0.4) is 0 Å². The monoisotopic (exact) mass is 824 g/mol. The largest absolute Gasteiger partial charge is 1.00 e. The number of aromatic carboxylic acids is 2. The number of amides is 2. The van der Waals surface area contributed by atoms with Gasteiger partial charge in [-0.25, -0.2) is 28.9 Å². The maximum Gasteiger partial charge on any atom is 1.00 e. The molecule has 6 heterocycles. The van der Waals surface area contributed by atoms with Crippen LogP contribution in [0.5, 0.6) is 23.0 Å². The Morgan fingerprint density at radius 3 is 1.36 bits per heavy atom. The summed E-state index contributed by atoms with van der Waals surface area (Å²) in [6, 6.07) is 6.35. The normalized spacial score (nSPS) is 17.4. The predicted octanol–water partition coefficient (Wildman–Crippen LogP) is -7.74. The summed E-state index contributed by atoms with van der Waals surface area (Å²) in [6.45, 7) is -4.84. The van der Waals surface area contributed by atoms with Crippen LogP contribution in [0.1, 0.15) is 31.8 Å². The zero-order chi connectivity index (χ0) is 39.8. The van der Waals surface area contributed by atoms with Gasteiger partial charge in [0.1, 0.15) is 73.2 Å². The van der Waals surface area contributed by atoms with Gasteiger partial charge in [-0.2, -0.15) is 10.2 Å². The summed E-state index contributed by atoms with van der Waals surface area (Å²) in [5.41, 5.74) is 0.644. The molecule has 0 radical (unpaired) electrons. The fourth-order valence-corrected chi connectivity index (χ4v) is 6.56. The number of hydrogen-bond donors (Lipinski definition) is 6. The topological polar surface area (TPSA) is 294 Å². The predicted molar refractivity (Wildman–Crippen MR) is 187 cm³/mol. The third-order valence-electron chi connectivity index (χ3n) is 9.54. The SMILES string of the molecule is O=C(O)c1c(OC2CN(C(=O)Cn3cncn3)C2)ccc2c1O[B-](O)(O)CC2.O=C(O)c1c(OC2CN(C(=O)Cn3cncn3)C2)ccc2c1O[B-](O)(O)CC2.[Na+].[Na+]. The Balaban J connectivity index is 0.000000214. The molecule has 2 fully saturated rings. The second kappa shape index (κ2) is 18.4. The Hall–Kier alpha value is -4.23. The van der Waals surface area contributed by atoms with Crippen LogP contribution in [0.25, 0.3) is 0 Å². The smallest absolute Gasteiger partial charge is 0.669 e. The molecule has 4 aliphatic heterocycles. The number of benzene rings is 2. The molecule has 4 aromatic rings. The molecular formula is C32H36B2N8Na2O14. The van der Waals surface area contributed by atoms with Crippen molar-refractivity contribution in [3.05, 3.63) is 71.8 Å². The van der Waals surface area contributed by atoms with E-state index in [0.29, 0.717) is 37.3 Å². The zero-order valence-electron chi connectivity index (χ0n) is 31.5. The summed E-state index contributed by atoms with van der Waals surface area (Å²) in [7, 11) is 0. The molecule has 4 aliphatic rings. The van der Waals surface area contributed by atoms with Crippen LogP contribution < -0.4 is 77.9 Å². The first-order valence-electron chi connectivity index (χ1n) is 17.6. The average Bonchev–Trinajstić information content (AvgIpc) is 3.81. The van der Waals surface area contributed by atoms with Gasteiger partial charge in [0.15, 0.2) is 0 Å². The number of carbonyl (C=O) groups excluding carboxylic acids is 2. The molecule has 0 unspecified atom stereocenters. The second-order valence-corrected chi connectivity index (χ2v) is 13.8. The molecule has 2 aromatic heterocycles. The zero-order valence-corrected chi connectivity index (χ0v) is 35.5. The summed E-state index contributed by atoms with van der Waals surface area (Å²) in [5, 5.41) is 66.0. The van der Waals surface area contributed by atoms with Crippen molar-refractivity contribution in [2.75, 3.05) is 26.2 Å². The minimum Gasteiger partial charge on any atom is -0.669 e. The van der Waals surface area contributed by atoms with E-state index in [2.05, 4.69) is 20.2 Å². The molecule has 0 saturated carbocycles. The molecule has 0 atom stereocenters. The van der Waals surface area contributed by atoms with E-state index in [1.54, 1.807) is 21.9 Å². The van der Waals surface area contributed by atoms with Gasteiger partial charge in [-0.1, -0.05) is 24.8 Å². The fourth-order valence-electron chi connectivity index (χ4n) is 6.56. The maximum atomic E-state index is 12.1. The molecular weight excluding hydrogens is 788 g/mol. The number of likely N-dealkylation sites (tertiary alicyclic amines) is 2. The second-order valence-electron chi connectivity index (χ2n) is 13.8. The van der Waals surface area contributed by atoms with Crippen LogP contribution in [-0.2, 0) is 35.5 Å². The maximum absolute atomic E-state index is 12.1. The molecule has 0 bridgehead atoms. The Morgan fingerprint density at radius 1 is 0.655 bits per heavy atom. The number of carboxylic acid groups (broad SMARTS) is 2. The molecule has 6 N–H and O–H groups in total. The summed E-state index contributed by atoms with van der Waals surface area (Å²) < 4.78 is 24.6. The molecule has 296 valence electrons. The number of aromatic nitrogens is 6. The van der Waals surface area contributed by atoms with E-state index in [0.717, 1.165) is 0 Å². The van der Waals surface area contributed by atoms with Gasteiger partial charge < -0.3 is 58.9 Å². The fraction of sp³-hybridized carbons (Fsp3) is 0.375. The van der Waals surface area contributed by atoms with Crippen molar-refractivity contribution in [3.63, 3.8) is 0 Å². The molecule has 22 nitrogen and oxygen atoms in total. The van der Waals surface area contributed by atoms with Gasteiger partial charge in [-0.3, -0.25) is 9.59 Å². The van der Waals surface area contributed by atoms with Crippen molar-refractivity contribution >= 4 is 37.3 Å². The van der Waals surface area contributed by atoms with E-state index >= 15 is 0 Å². The van der Waals surface area contributed by atoms with Gasteiger partial charge in [-0.15, -0.1) is 0 Å². The average molecular weight is 824 g/mol. The van der Waals surface area contributed by atoms with Crippen LogP contribution in [-0.4, -0.2) is 145 Å². The Morgan fingerprint density at radius 2 is 1.03 bits per heavy atom. The number of hydrogen-bond acceptors (Lipinski definition) is 16. The minimum absolute atomic E-state index is 0. The Bertz CT molecular complexity index is 1990. The molecule has 2 aromatic carbocycles. The van der Waals surface area contributed by atoms with Gasteiger partial charge in [0.25, 0.3) is 0 Å². The van der Waals surface area contributed by atoms with Crippen LogP contribution in [0.4, 0.5) is 0 Å². The van der Waals surface area contributed by atoms with Gasteiger partial charge in [0.05, 0.1) is 37.7 Å². The molecule has 8 rings (SSSR count). The Labute approximate surface area is 373 Å². The van der Waals surface area contributed by atoms with Crippen LogP contribution in [0, 0.1) is 0 Å². The van der Waals surface area contributed by atoms with Crippen molar-refractivity contribution in [3.8, 4) is 23.0 Å². The number of aryl methyl sites for hydroxylation is 2. The van der Waals surface area contributed by atoms with E-state index in [1.165, 1.54) is 46.8 Å².